The highest BCUT2D eigenvalue weighted by Crippen LogP contribution is 2.24. The maximum absolute atomic E-state index is 12.8. The summed E-state index contributed by atoms with van der Waals surface area (Å²) in [6, 6.07) is 10.2. The molecule has 138 valence electrons. The lowest BCUT2D eigenvalue weighted by Gasteiger charge is -2.14. The van der Waals surface area contributed by atoms with Crippen molar-refractivity contribution in [2.45, 2.75) is 19.9 Å². The van der Waals surface area contributed by atoms with Crippen LogP contribution in [0, 0.1) is 0 Å². The summed E-state index contributed by atoms with van der Waals surface area (Å²) in [6.07, 6.45) is 0. The number of amides is 1. The maximum Gasteiger partial charge on any atom is 0.276 e. The van der Waals surface area contributed by atoms with Gasteiger partial charge in [0.2, 0.25) is 0 Å². The molecule has 1 amide bonds. The molecule has 0 saturated heterocycles. The molecule has 8 heteroatoms. The maximum atomic E-state index is 12.8. The quantitative estimate of drug-likeness (QED) is 0.742. The molecule has 0 spiro atoms. The van der Waals surface area contributed by atoms with Crippen molar-refractivity contribution < 1.29 is 14.7 Å². The summed E-state index contributed by atoms with van der Waals surface area (Å²) in [4.78, 5) is 36.4. The number of rotatable bonds is 4. The first kappa shape index (κ1) is 18.6. The van der Waals surface area contributed by atoms with Crippen LogP contribution in [0.3, 0.4) is 0 Å². The average molecular weight is 385 g/mol. The van der Waals surface area contributed by atoms with Crippen LogP contribution in [0.5, 0.6) is 0 Å². The van der Waals surface area contributed by atoms with Crippen molar-refractivity contribution in [3.8, 4) is 0 Å². The van der Waals surface area contributed by atoms with Crippen LogP contribution >= 0.6 is 11.6 Å². The van der Waals surface area contributed by atoms with Crippen molar-refractivity contribution in [1.29, 1.82) is 0 Å². The molecule has 3 aromatic rings. The molecule has 1 N–H and O–H groups in total. The number of hydrogen-bond acceptors (Lipinski definition) is 5. The van der Waals surface area contributed by atoms with Crippen molar-refractivity contribution in [3.05, 3.63) is 69.1 Å². The third-order valence-corrected chi connectivity index (χ3v) is 4.31. The van der Waals surface area contributed by atoms with Gasteiger partial charge >= 0.3 is 0 Å². The minimum atomic E-state index is -1.39. The van der Waals surface area contributed by atoms with E-state index < -0.39 is 11.9 Å². The number of nitrogens with one attached hydrogen (secondary N) is 1. The minimum absolute atomic E-state index is 0.0359. The van der Waals surface area contributed by atoms with E-state index >= 15 is 0 Å². The molecule has 0 bridgehead atoms. The van der Waals surface area contributed by atoms with E-state index in [4.69, 9.17) is 11.6 Å². The molecule has 27 heavy (non-hydrogen) atoms. The number of benzene rings is 2. The van der Waals surface area contributed by atoms with E-state index in [-0.39, 0.29) is 33.6 Å². The third kappa shape index (κ3) is 3.54. The van der Waals surface area contributed by atoms with Gasteiger partial charge in [0.15, 0.2) is 5.69 Å². The van der Waals surface area contributed by atoms with Gasteiger partial charge in [0.1, 0.15) is 0 Å². The molecule has 0 fully saturated rings. The van der Waals surface area contributed by atoms with Gasteiger partial charge in [-0.05, 0) is 37.6 Å². The normalized spacial score (nSPS) is 11.0. The van der Waals surface area contributed by atoms with Gasteiger partial charge in [-0.3, -0.25) is 9.59 Å². The second-order valence-corrected chi connectivity index (χ2v) is 6.58. The van der Waals surface area contributed by atoms with Crippen LogP contribution in [0.4, 0.5) is 5.69 Å². The smallest absolute Gasteiger partial charge is 0.276 e. The number of nitrogens with zero attached hydrogens (tertiary/aromatic N) is 2. The van der Waals surface area contributed by atoms with Gasteiger partial charge in [-0.15, -0.1) is 0 Å². The Bertz CT molecular complexity index is 1120. The van der Waals surface area contributed by atoms with E-state index in [1.54, 1.807) is 38.1 Å². The molecule has 1 aromatic heterocycles. The molecular formula is C19H15ClN3O4-. The Balaban J connectivity index is 2.12. The number of aromatic carboxylic acids is 1. The van der Waals surface area contributed by atoms with Crippen LogP contribution in [-0.2, 0) is 0 Å². The topological polar surface area (TPSA) is 104 Å². The number of carbonyl (C=O) groups is 2. The lowest BCUT2D eigenvalue weighted by atomic mass is 10.1. The number of carbonyl (C=O) groups excluding carboxylic acids is 2. The Morgan fingerprint density at radius 2 is 1.81 bits per heavy atom. The Morgan fingerprint density at radius 3 is 2.44 bits per heavy atom. The average Bonchev–Trinajstić information content (AvgIpc) is 2.63. The summed E-state index contributed by atoms with van der Waals surface area (Å²) in [5, 5.41) is 18.7. The minimum Gasteiger partial charge on any atom is -0.545 e. The van der Waals surface area contributed by atoms with Crippen LogP contribution in [0.25, 0.3) is 10.8 Å². The Morgan fingerprint density at radius 1 is 1.15 bits per heavy atom. The predicted molar refractivity (Wildman–Crippen MR) is 100 cm³/mol. The molecule has 0 unspecified atom stereocenters. The lowest BCUT2D eigenvalue weighted by molar-refractivity contribution is -0.255. The van der Waals surface area contributed by atoms with Gasteiger partial charge in [0.25, 0.3) is 11.5 Å². The van der Waals surface area contributed by atoms with E-state index in [1.807, 2.05) is 0 Å². The number of hydrogen-bond donors (Lipinski definition) is 1. The zero-order valence-electron chi connectivity index (χ0n) is 14.5. The number of carboxylic acids is 1. The Hall–Kier alpha value is -3.19. The Kier molecular flexibility index (Phi) is 4.96. The van der Waals surface area contributed by atoms with E-state index in [2.05, 4.69) is 10.4 Å². The summed E-state index contributed by atoms with van der Waals surface area (Å²) in [5.74, 6) is -2.00. The molecule has 2 aromatic carbocycles. The third-order valence-electron chi connectivity index (χ3n) is 3.98. The van der Waals surface area contributed by atoms with Crippen molar-refractivity contribution >= 4 is 39.9 Å². The fourth-order valence-electron chi connectivity index (χ4n) is 2.65. The van der Waals surface area contributed by atoms with Crippen LogP contribution in [0.15, 0.2) is 47.3 Å². The molecule has 0 aliphatic heterocycles. The first-order chi connectivity index (χ1) is 12.8. The van der Waals surface area contributed by atoms with Crippen LogP contribution in [0.2, 0.25) is 5.02 Å². The molecule has 0 atom stereocenters. The molecule has 0 saturated carbocycles. The van der Waals surface area contributed by atoms with Gasteiger partial charge in [-0.1, -0.05) is 35.9 Å². The largest absolute Gasteiger partial charge is 0.545 e. The van der Waals surface area contributed by atoms with Gasteiger partial charge in [0.05, 0.1) is 28.1 Å². The summed E-state index contributed by atoms with van der Waals surface area (Å²) in [5.41, 5.74) is -0.279. The van der Waals surface area contributed by atoms with Crippen molar-refractivity contribution in [3.63, 3.8) is 0 Å². The Labute approximate surface area is 159 Å². The summed E-state index contributed by atoms with van der Waals surface area (Å²) in [6.45, 7) is 3.57. The van der Waals surface area contributed by atoms with Gasteiger partial charge < -0.3 is 15.2 Å². The number of halogens is 1. The lowest BCUT2D eigenvalue weighted by Crippen LogP contribution is -2.29. The molecule has 0 aliphatic rings. The summed E-state index contributed by atoms with van der Waals surface area (Å²) >= 11 is 6.05. The molecule has 7 nitrogen and oxygen atoms in total. The van der Waals surface area contributed by atoms with Crippen molar-refractivity contribution in [2.24, 2.45) is 0 Å². The monoisotopic (exact) mass is 384 g/mol. The fourth-order valence-corrected chi connectivity index (χ4v) is 2.82. The molecule has 1 heterocycles. The van der Waals surface area contributed by atoms with Crippen molar-refractivity contribution in [1.82, 2.24) is 9.78 Å². The molecule has 3 rings (SSSR count). The SMILES string of the molecule is CC(C)n1nc(C(=O)Nc2cc(C(=O)[O-])ccc2Cl)c2ccccc2c1=O. The van der Waals surface area contributed by atoms with Crippen LogP contribution in [-0.4, -0.2) is 21.7 Å². The van der Waals surface area contributed by atoms with Crippen LogP contribution < -0.4 is 16.0 Å². The number of aromatic nitrogens is 2. The predicted octanol–water partition coefficient (Wildman–Crippen LogP) is 2.25. The highest BCUT2D eigenvalue weighted by molar-refractivity contribution is 6.34. The van der Waals surface area contributed by atoms with Gasteiger partial charge in [0, 0.05) is 5.39 Å². The number of fused-ring (bicyclic) bond motifs is 1. The standard InChI is InChI=1S/C19H16ClN3O4/c1-10(2)23-18(25)13-6-4-3-5-12(13)16(22-23)17(24)21-15-9-11(19(26)27)7-8-14(15)20/h3-10H,1-2H3,(H,21,24)(H,26,27)/p-1. The zero-order chi connectivity index (χ0) is 19.7. The molecular weight excluding hydrogens is 370 g/mol. The second-order valence-electron chi connectivity index (χ2n) is 6.17. The number of anilines is 1. The van der Waals surface area contributed by atoms with E-state index in [0.29, 0.717) is 10.8 Å². The molecule has 0 radical (unpaired) electrons. The highest BCUT2D eigenvalue weighted by atomic mass is 35.5. The highest BCUT2D eigenvalue weighted by Gasteiger charge is 2.19. The second kappa shape index (κ2) is 7.20. The van der Waals surface area contributed by atoms with Gasteiger partial charge in [-0.25, -0.2) is 4.68 Å². The number of carboxylic acid groups (broad SMARTS) is 1. The fraction of sp³-hybridized carbons (Fsp3) is 0.158. The van der Waals surface area contributed by atoms with E-state index in [9.17, 15) is 19.5 Å². The van der Waals surface area contributed by atoms with E-state index in [1.165, 1.54) is 22.9 Å². The van der Waals surface area contributed by atoms with E-state index in [0.717, 1.165) is 0 Å². The molecule has 0 aliphatic carbocycles. The van der Waals surface area contributed by atoms with Crippen molar-refractivity contribution in [2.75, 3.05) is 5.32 Å². The summed E-state index contributed by atoms with van der Waals surface area (Å²) < 4.78 is 1.23. The van der Waals surface area contributed by atoms with Crippen LogP contribution in [0.1, 0.15) is 40.7 Å². The first-order valence-electron chi connectivity index (χ1n) is 8.13. The summed E-state index contributed by atoms with van der Waals surface area (Å²) in [7, 11) is 0. The van der Waals surface area contributed by atoms with Gasteiger partial charge in [-0.2, -0.15) is 5.10 Å². The first-order valence-corrected chi connectivity index (χ1v) is 8.51. The zero-order valence-corrected chi connectivity index (χ0v) is 15.3.